The fraction of sp³-hybridized carbons (Fsp3) is 0.389. The lowest BCUT2D eigenvalue weighted by Crippen LogP contribution is -2.36. The number of hydrogen-bond acceptors (Lipinski definition) is 4. The third-order valence-electron chi connectivity index (χ3n) is 4.43. The number of oxime groups is 1. The van der Waals surface area contributed by atoms with Crippen molar-refractivity contribution >= 4 is 5.71 Å². The van der Waals surface area contributed by atoms with E-state index in [-0.39, 0.29) is 23.8 Å². The molecule has 0 spiro atoms. The first kappa shape index (κ1) is 17.1. The lowest BCUT2D eigenvalue weighted by atomic mass is 9.94. The Morgan fingerprint density at radius 3 is 2.68 bits per heavy atom. The maximum Gasteiger partial charge on any atom is 0.145 e. The van der Waals surface area contributed by atoms with Crippen LogP contribution in [0.1, 0.15) is 32.3 Å². The molecule has 1 aliphatic heterocycles. The fourth-order valence-corrected chi connectivity index (χ4v) is 2.85. The van der Waals surface area contributed by atoms with Gasteiger partial charge in [-0.1, -0.05) is 11.2 Å². The summed E-state index contributed by atoms with van der Waals surface area (Å²) >= 11 is 0. The zero-order valence-corrected chi connectivity index (χ0v) is 14.3. The lowest BCUT2D eigenvalue weighted by molar-refractivity contribution is 0.0890. The molecule has 3 rings (SSSR count). The van der Waals surface area contributed by atoms with Gasteiger partial charge in [-0.25, -0.2) is 8.78 Å². The third kappa shape index (κ3) is 3.00. The molecule has 0 saturated heterocycles. The summed E-state index contributed by atoms with van der Waals surface area (Å²) in [5.41, 5.74) is 0.869. The first-order valence-electron chi connectivity index (χ1n) is 7.96. The minimum absolute atomic E-state index is 0.137. The minimum atomic E-state index is -0.651. The minimum Gasteiger partial charge on any atom is -0.391 e. The largest absolute Gasteiger partial charge is 0.391 e. The van der Waals surface area contributed by atoms with E-state index in [0.29, 0.717) is 12.0 Å². The van der Waals surface area contributed by atoms with Crippen molar-refractivity contribution < 1.29 is 13.6 Å². The predicted octanol–water partition coefficient (Wildman–Crippen LogP) is 3.93. The van der Waals surface area contributed by atoms with Gasteiger partial charge in [-0.05, 0) is 38.5 Å². The molecule has 1 atom stereocenters. The summed E-state index contributed by atoms with van der Waals surface area (Å²) in [6.45, 7) is 5.56. The van der Waals surface area contributed by atoms with Gasteiger partial charge < -0.3 is 4.84 Å². The van der Waals surface area contributed by atoms with Crippen molar-refractivity contribution in [2.45, 2.75) is 45.3 Å². The number of aryl methyl sites for hydroxylation is 1. The van der Waals surface area contributed by atoms with Crippen LogP contribution >= 0.6 is 0 Å². The van der Waals surface area contributed by atoms with Gasteiger partial charge in [-0.15, -0.1) is 0 Å². The van der Waals surface area contributed by atoms with Crippen LogP contribution in [0.15, 0.2) is 29.6 Å². The number of aromatic nitrogens is 2. The van der Waals surface area contributed by atoms with E-state index in [1.807, 2.05) is 13.8 Å². The molecule has 0 fully saturated rings. The maximum atomic E-state index is 14.1. The Balaban J connectivity index is 1.96. The molecule has 1 aromatic carbocycles. The highest BCUT2D eigenvalue weighted by molar-refractivity contribution is 5.92. The second-order valence-corrected chi connectivity index (χ2v) is 6.59. The highest BCUT2D eigenvalue weighted by Crippen LogP contribution is 2.31. The molecule has 2 aromatic rings. The molecule has 0 amide bonds. The molecule has 0 aliphatic carbocycles. The Morgan fingerprint density at radius 2 is 2.04 bits per heavy atom. The predicted molar refractivity (Wildman–Crippen MR) is 88.8 cm³/mol. The summed E-state index contributed by atoms with van der Waals surface area (Å²) in [6, 6.07) is 5.81. The Morgan fingerprint density at radius 1 is 1.36 bits per heavy atom. The van der Waals surface area contributed by atoms with E-state index < -0.39 is 17.2 Å². The van der Waals surface area contributed by atoms with Crippen molar-refractivity contribution in [1.29, 1.82) is 5.26 Å². The highest BCUT2D eigenvalue weighted by Gasteiger charge is 2.35. The average Bonchev–Trinajstić information content (AvgIpc) is 3.16. The molecular weight excluding hydrogens is 326 g/mol. The molecule has 130 valence electrons. The van der Waals surface area contributed by atoms with Gasteiger partial charge in [0.1, 0.15) is 23.4 Å². The van der Waals surface area contributed by atoms with E-state index in [4.69, 9.17) is 10.1 Å². The second-order valence-electron chi connectivity index (χ2n) is 6.59. The van der Waals surface area contributed by atoms with E-state index in [2.05, 4.69) is 16.3 Å². The fourth-order valence-electron chi connectivity index (χ4n) is 2.85. The average molecular weight is 344 g/mol. The topological polar surface area (TPSA) is 63.2 Å². The number of benzene rings is 1. The second kappa shape index (κ2) is 6.28. The Bertz CT molecular complexity index is 859. The van der Waals surface area contributed by atoms with Gasteiger partial charge in [0.2, 0.25) is 0 Å². The SMILES string of the molecule is Cc1cn(C(C)(C)C2=NOC(CC#N)C2)nc1-c1c(F)cccc1F. The maximum absolute atomic E-state index is 14.1. The van der Waals surface area contributed by atoms with E-state index in [0.717, 1.165) is 5.71 Å². The molecule has 1 aliphatic rings. The molecule has 5 nitrogen and oxygen atoms in total. The first-order chi connectivity index (χ1) is 11.8. The molecule has 0 saturated carbocycles. The van der Waals surface area contributed by atoms with E-state index in [9.17, 15) is 8.78 Å². The lowest BCUT2D eigenvalue weighted by Gasteiger charge is -2.24. The number of nitriles is 1. The first-order valence-corrected chi connectivity index (χ1v) is 7.96. The molecule has 0 bridgehead atoms. The number of nitrogens with zero attached hydrogens (tertiary/aromatic N) is 4. The van der Waals surface area contributed by atoms with Gasteiger partial charge in [0.15, 0.2) is 0 Å². The summed E-state index contributed by atoms with van der Waals surface area (Å²) in [6.07, 6.45) is 2.25. The molecule has 7 heteroatoms. The van der Waals surface area contributed by atoms with Gasteiger partial charge in [0, 0.05) is 12.6 Å². The zero-order valence-electron chi connectivity index (χ0n) is 14.3. The molecule has 1 unspecified atom stereocenters. The van der Waals surface area contributed by atoms with Crippen LogP contribution in [0.25, 0.3) is 11.3 Å². The summed E-state index contributed by atoms with van der Waals surface area (Å²) in [4.78, 5) is 5.28. The number of rotatable bonds is 4. The van der Waals surface area contributed by atoms with Gasteiger partial charge in [0.25, 0.3) is 0 Å². The van der Waals surface area contributed by atoms with Gasteiger partial charge in [-0.2, -0.15) is 10.4 Å². The standard InChI is InChI=1S/C18H18F2N4O/c1-11-10-24(18(2,3)15-9-12(7-8-21)25-23-15)22-17(11)16-13(19)5-4-6-14(16)20/h4-6,10,12H,7,9H2,1-3H3. The van der Waals surface area contributed by atoms with Crippen LogP contribution in [0, 0.1) is 29.9 Å². The quantitative estimate of drug-likeness (QED) is 0.844. The van der Waals surface area contributed by atoms with Crippen LogP contribution in [-0.4, -0.2) is 21.6 Å². The third-order valence-corrected chi connectivity index (χ3v) is 4.43. The van der Waals surface area contributed by atoms with Crippen LogP contribution < -0.4 is 0 Å². The van der Waals surface area contributed by atoms with Crippen molar-refractivity contribution in [1.82, 2.24) is 9.78 Å². The number of hydrogen-bond donors (Lipinski definition) is 0. The van der Waals surface area contributed by atoms with E-state index in [1.54, 1.807) is 17.8 Å². The van der Waals surface area contributed by atoms with Crippen molar-refractivity contribution in [3.05, 3.63) is 41.6 Å². The zero-order chi connectivity index (χ0) is 18.2. The summed E-state index contributed by atoms with van der Waals surface area (Å²) in [5.74, 6) is -1.30. The molecule has 1 aromatic heterocycles. The van der Waals surface area contributed by atoms with Gasteiger partial charge in [-0.3, -0.25) is 4.68 Å². The molecule has 2 heterocycles. The Kier molecular flexibility index (Phi) is 4.29. The van der Waals surface area contributed by atoms with E-state index in [1.165, 1.54) is 18.2 Å². The normalized spacial score (nSPS) is 17.1. The summed E-state index contributed by atoms with van der Waals surface area (Å²) in [5, 5.41) is 17.3. The van der Waals surface area contributed by atoms with Crippen molar-refractivity contribution in [2.24, 2.45) is 5.16 Å². The van der Waals surface area contributed by atoms with Crippen LogP contribution in [0.2, 0.25) is 0 Å². The Labute approximate surface area is 144 Å². The number of halogens is 2. The Hall–Kier alpha value is -2.75. The molecule has 0 N–H and O–H groups in total. The van der Waals surface area contributed by atoms with Crippen LogP contribution in [0.4, 0.5) is 8.78 Å². The van der Waals surface area contributed by atoms with Crippen LogP contribution in [0.5, 0.6) is 0 Å². The van der Waals surface area contributed by atoms with Crippen LogP contribution in [-0.2, 0) is 10.4 Å². The molecular formula is C18H18F2N4O. The van der Waals surface area contributed by atoms with Crippen LogP contribution in [0.3, 0.4) is 0 Å². The monoisotopic (exact) mass is 344 g/mol. The van der Waals surface area contributed by atoms with Gasteiger partial charge >= 0.3 is 0 Å². The van der Waals surface area contributed by atoms with Crippen molar-refractivity contribution in [3.63, 3.8) is 0 Å². The highest BCUT2D eigenvalue weighted by atomic mass is 19.1. The van der Waals surface area contributed by atoms with Crippen molar-refractivity contribution in [2.75, 3.05) is 0 Å². The smallest absolute Gasteiger partial charge is 0.145 e. The van der Waals surface area contributed by atoms with Gasteiger partial charge in [0.05, 0.1) is 29.3 Å². The molecule has 0 radical (unpaired) electrons. The van der Waals surface area contributed by atoms with Crippen molar-refractivity contribution in [3.8, 4) is 17.3 Å². The van der Waals surface area contributed by atoms with E-state index >= 15 is 0 Å². The molecule has 25 heavy (non-hydrogen) atoms. The summed E-state index contributed by atoms with van der Waals surface area (Å²) < 4.78 is 29.8. The summed E-state index contributed by atoms with van der Waals surface area (Å²) in [7, 11) is 0.